The summed E-state index contributed by atoms with van der Waals surface area (Å²) in [5, 5.41) is 10.6. The van der Waals surface area contributed by atoms with E-state index in [0.717, 1.165) is 0 Å². The Balaban J connectivity index is 2.29. The summed E-state index contributed by atoms with van der Waals surface area (Å²) < 4.78 is 10.6. The first-order valence-corrected chi connectivity index (χ1v) is 16.8. The van der Waals surface area contributed by atoms with Crippen LogP contribution in [0.25, 0.3) is 0 Å². The lowest BCUT2D eigenvalue weighted by Gasteiger charge is -2.37. The second-order valence-electron chi connectivity index (χ2n) is 14.2. The molecule has 1 aromatic rings. The maximum absolute atomic E-state index is 14.3. The van der Waals surface area contributed by atoms with E-state index in [9.17, 15) is 28.8 Å². The van der Waals surface area contributed by atoms with Crippen LogP contribution in [0.1, 0.15) is 86.8 Å². The SMILES string of the molecule is C=CCNC(=O)C(=O)C(CCC)NC(=O)[C@@H]1[C@@H](CC(C)C)CCN1C(=O)[C@@H](NC(=O)N[C@H](C(=O)OCc1ccco1)C(C)C)C(C)(C)C. The van der Waals surface area contributed by atoms with Crippen molar-refractivity contribution in [2.45, 2.75) is 112 Å². The predicted molar refractivity (Wildman–Crippen MR) is 180 cm³/mol. The zero-order valence-electron chi connectivity index (χ0n) is 29.7. The molecule has 4 N–H and O–H groups in total. The Morgan fingerprint density at radius 1 is 1.08 bits per heavy atom. The number of nitrogens with zero attached hydrogens (tertiary/aromatic N) is 1. The number of carbonyl (C=O) groups excluding carboxylic acids is 6. The Hall–Kier alpha value is -4.16. The molecule has 0 aromatic carbocycles. The van der Waals surface area contributed by atoms with Gasteiger partial charge in [0.15, 0.2) is 0 Å². The molecule has 0 bridgehead atoms. The standard InChI is InChI=1S/C35H55N5O8/c1-10-13-25(28(41)31(43)36-16-11-2)37-30(42)27-23(19-21(3)4)15-17-40(27)32(44)29(35(7,8)9)39-34(46)38-26(22(5)6)33(45)48-20-24-14-12-18-47-24/h11-12,14,18,21-23,25-27,29H,2,10,13,15-17,19-20H2,1,3-9H3,(H,36,43)(H,37,42)(H2,38,39,46)/t23-,25?,26+,27+,29-/m1/s1. The number of hydrogen-bond acceptors (Lipinski definition) is 8. The van der Waals surface area contributed by atoms with Gasteiger partial charge in [-0.25, -0.2) is 9.59 Å². The number of esters is 1. The quantitative estimate of drug-likeness (QED) is 0.110. The Kier molecular flexibility index (Phi) is 15.3. The van der Waals surface area contributed by atoms with E-state index in [1.165, 1.54) is 17.2 Å². The van der Waals surface area contributed by atoms with Gasteiger partial charge in [0.2, 0.25) is 17.6 Å². The molecule has 48 heavy (non-hydrogen) atoms. The summed E-state index contributed by atoms with van der Waals surface area (Å²) in [6.45, 7) is 18.6. The van der Waals surface area contributed by atoms with Crippen molar-refractivity contribution in [3.8, 4) is 0 Å². The maximum atomic E-state index is 14.3. The molecule has 1 aliphatic rings. The van der Waals surface area contributed by atoms with Crippen molar-refractivity contribution in [1.82, 2.24) is 26.2 Å². The van der Waals surface area contributed by atoms with Crippen molar-refractivity contribution in [1.29, 1.82) is 0 Å². The molecule has 1 fully saturated rings. The highest BCUT2D eigenvalue weighted by atomic mass is 16.5. The minimum Gasteiger partial charge on any atom is -0.466 e. The van der Waals surface area contributed by atoms with Crippen LogP contribution in [-0.2, 0) is 35.3 Å². The first-order chi connectivity index (χ1) is 22.5. The normalized spacial score (nSPS) is 18.1. The van der Waals surface area contributed by atoms with Crippen molar-refractivity contribution in [2.24, 2.45) is 23.2 Å². The molecule has 1 saturated heterocycles. The number of amides is 5. The fourth-order valence-corrected chi connectivity index (χ4v) is 5.79. The molecule has 5 atom stereocenters. The highest BCUT2D eigenvalue weighted by molar-refractivity contribution is 6.38. The molecular weight excluding hydrogens is 618 g/mol. The number of Topliss-reactive ketones (excluding diaryl/α,β-unsaturated/α-hetero) is 1. The number of urea groups is 1. The first-order valence-electron chi connectivity index (χ1n) is 16.8. The van der Waals surface area contributed by atoms with E-state index in [-0.39, 0.29) is 43.9 Å². The van der Waals surface area contributed by atoms with Gasteiger partial charge < -0.3 is 35.3 Å². The van der Waals surface area contributed by atoms with Crippen molar-refractivity contribution < 1.29 is 37.9 Å². The molecule has 5 amide bonds. The molecule has 2 rings (SSSR count). The fourth-order valence-electron chi connectivity index (χ4n) is 5.79. The number of ether oxygens (including phenoxy) is 1. The van der Waals surface area contributed by atoms with Gasteiger partial charge in [-0.1, -0.05) is 67.9 Å². The van der Waals surface area contributed by atoms with Crippen molar-refractivity contribution in [3.63, 3.8) is 0 Å². The summed E-state index contributed by atoms with van der Waals surface area (Å²) in [6, 6.07) is -1.47. The third-order valence-corrected chi connectivity index (χ3v) is 8.22. The Morgan fingerprint density at radius 3 is 2.31 bits per heavy atom. The minimum atomic E-state index is -1.07. The van der Waals surface area contributed by atoms with Gasteiger partial charge in [-0.2, -0.15) is 0 Å². The number of nitrogens with one attached hydrogen (secondary N) is 4. The second-order valence-corrected chi connectivity index (χ2v) is 14.2. The summed E-state index contributed by atoms with van der Waals surface area (Å²) in [5.74, 6) is -3.09. The average molecular weight is 674 g/mol. The van der Waals surface area contributed by atoms with E-state index < -0.39 is 65.1 Å². The molecular formula is C35H55N5O8. The van der Waals surface area contributed by atoms with Gasteiger partial charge in [0.25, 0.3) is 5.91 Å². The lowest BCUT2D eigenvalue weighted by molar-refractivity contribution is -0.149. The molecule has 13 nitrogen and oxygen atoms in total. The van der Waals surface area contributed by atoms with E-state index in [4.69, 9.17) is 9.15 Å². The number of likely N-dealkylation sites (tertiary alicyclic amines) is 1. The monoisotopic (exact) mass is 673 g/mol. The van der Waals surface area contributed by atoms with E-state index in [1.54, 1.807) is 46.8 Å². The van der Waals surface area contributed by atoms with Crippen LogP contribution in [0.4, 0.5) is 4.79 Å². The summed E-state index contributed by atoms with van der Waals surface area (Å²) >= 11 is 0. The number of furan rings is 1. The molecule has 1 aromatic heterocycles. The largest absolute Gasteiger partial charge is 0.466 e. The van der Waals surface area contributed by atoms with Gasteiger partial charge in [-0.3, -0.25) is 19.2 Å². The first kappa shape index (κ1) is 40.0. The van der Waals surface area contributed by atoms with Crippen LogP contribution in [0.5, 0.6) is 0 Å². The van der Waals surface area contributed by atoms with E-state index in [1.807, 2.05) is 20.8 Å². The predicted octanol–water partition coefficient (Wildman–Crippen LogP) is 3.48. The smallest absolute Gasteiger partial charge is 0.329 e. The van der Waals surface area contributed by atoms with Crippen LogP contribution in [0.3, 0.4) is 0 Å². The Morgan fingerprint density at radius 2 is 1.77 bits per heavy atom. The lowest BCUT2D eigenvalue weighted by Crippen LogP contribution is -2.61. The molecule has 1 aliphatic heterocycles. The van der Waals surface area contributed by atoms with Gasteiger partial charge in [0.1, 0.15) is 30.5 Å². The maximum Gasteiger partial charge on any atom is 0.329 e. The molecule has 1 unspecified atom stereocenters. The lowest BCUT2D eigenvalue weighted by atomic mass is 9.85. The molecule has 2 heterocycles. The number of ketones is 1. The van der Waals surface area contributed by atoms with Crippen LogP contribution < -0.4 is 21.3 Å². The van der Waals surface area contributed by atoms with Crippen LogP contribution in [0.15, 0.2) is 35.5 Å². The number of carbonyl (C=O) groups is 6. The average Bonchev–Trinajstić information content (AvgIpc) is 3.68. The topological polar surface area (TPSA) is 176 Å². The Labute approximate surface area is 284 Å². The summed E-state index contributed by atoms with van der Waals surface area (Å²) in [4.78, 5) is 81.4. The van der Waals surface area contributed by atoms with Gasteiger partial charge in [0.05, 0.1) is 12.3 Å². The van der Waals surface area contributed by atoms with E-state index in [2.05, 4.69) is 27.8 Å². The van der Waals surface area contributed by atoms with Crippen LogP contribution in [0, 0.1) is 23.2 Å². The van der Waals surface area contributed by atoms with Gasteiger partial charge >= 0.3 is 12.0 Å². The van der Waals surface area contributed by atoms with Crippen LogP contribution in [-0.4, -0.2) is 77.7 Å². The summed E-state index contributed by atoms with van der Waals surface area (Å²) in [6.07, 6.45) is 4.90. The number of rotatable bonds is 17. The summed E-state index contributed by atoms with van der Waals surface area (Å²) in [5.41, 5.74) is -0.789. The molecule has 0 aliphatic carbocycles. The molecule has 268 valence electrons. The van der Waals surface area contributed by atoms with Crippen molar-refractivity contribution >= 4 is 35.5 Å². The molecule has 0 radical (unpaired) electrons. The Bertz CT molecular complexity index is 1270. The van der Waals surface area contributed by atoms with E-state index >= 15 is 0 Å². The van der Waals surface area contributed by atoms with Gasteiger partial charge in [-0.05, 0) is 54.6 Å². The fraction of sp³-hybridized carbons (Fsp3) is 0.657. The minimum absolute atomic E-state index is 0.0956. The third-order valence-electron chi connectivity index (χ3n) is 8.22. The van der Waals surface area contributed by atoms with E-state index in [0.29, 0.717) is 25.0 Å². The van der Waals surface area contributed by atoms with Crippen molar-refractivity contribution in [2.75, 3.05) is 13.1 Å². The van der Waals surface area contributed by atoms with Gasteiger partial charge in [0, 0.05) is 13.1 Å². The zero-order valence-corrected chi connectivity index (χ0v) is 29.7. The number of hydrogen-bond donors (Lipinski definition) is 4. The zero-order chi connectivity index (χ0) is 36.2. The van der Waals surface area contributed by atoms with Crippen molar-refractivity contribution in [3.05, 3.63) is 36.8 Å². The molecule has 0 saturated carbocycles. The highest BCUT2D eigenvalue weighted by Gasteiger charge is 2.47. The third kappa shape index (κ3) is 11.5. The summed E-state index contributed by atoms with van der Waals surface area (Å²) in [7, 11) is 0. The molecule has 13 heteroatoms. The van der Waals surface area contributed by atoms with Gasteiger partial charge in [-0.15, -0.1) is 6.58 Å². The second kappa shape index (κ2) is 18.4. The van der Waals surface area contributed by atoms with Crippen LogP contribution in [0.2, 0.25) is 0 Å². The molecule has 0 spiro atoms. The highest BCUT2D eigenvalue weighted by Crippen LogP contribution is 2.33. The van der Waals surface area contributed by atoms with Crippen LogP contribution >= 0.6 is 0 Å².